The number of aliphatic hydroxyl groups excluding tert-OH is 1. The van der Waals surface area contributed by atoms with Gasteiger partial charge in [-0.15, -0.1) is 0 Å². The van der Waals surface area contributed by atoms with Crippen LogP contribution in [0.25, 0.3) is 0 Å². The fourth-order valence-electron chi connectivity index (χ4n) is 1.55. The molecule has 0 radical (unpaired) electrons. The van der Waals surface area contributed by atoms with Gasteiger partial charge in [0.2, 0.25) is 0 Å². The molecule has 5 heteroatoms. The maximum Gasteiger partial charge on any atom is 0.393 e. The number of aliphatic hydroxyl groups is 1. The van der Waals surface area contributed by atoms with Gasteiger partial charge in [0.1, 0.15) is 0 Å². The molecule has 1 fully saturated rings. The van der Waals surface area contributed by atoms with E-state index in [9.17, 15) is 13.2 Å². The van der Waals surface area contributed by atoms with Gasteiger partial charge in [0.15, 0.2) is 0 Å². The Hall–Kier alpha value is -0.290. The van der Waals surface area contributed by atoms with E-state index in [4.69, 9.17) is 5.11 Å². The molecule has 0 amide bonds. The predicted octanol–water partition coefficient (Wildman–Crippen LogP) is 0.767. The van der Waals surface area contributed by atoms with Gasteiger partial charge in [-0.3, -0.25) is 0 Å². The third-order valence-electron chi connectivity index (χ3n) is 2.47. The summed E-state index contributed by atoms with van der Waals surface area (Å²) >= 11 is 0. The van der Waals surface area contributed by atoms with Gasteiger partial charge in [0.25, 0.3) is 0 Å². The van der Waals surface area contributed by atoms with Crippen molar-refractivity contribution in [2.75, 3.05) is 19.7 Å². The lowest BCUT2D eigenvalue weighted by Gasteiger charge is -2.29. The van der Waals surface area contributed by atoms with Crippen LogP contribution in [0.5, 0.6) is 0 Å². The highest BCUT2D eigenvalue weighted by Crippen LogP contribution is 2.41. The van der Waals surface area contributed by atoms with Crippen molar-refractivity contribution in [3.8, 4) is 0 Å². The van der Waals surface area contributed by atoms with Crippen LogP contribution in [0.1, 0.15) is 6.92 Å². The summed E-state index contributed by atoms with van der Waals surface area (Å²) < 4.78 is 36.9. The summed E-state index contributed by atoms with van der Waals surface area (Å²) in [5.74, 6) is -1.42. The lowest BCUT2D eigenvalue weighted by molar-refractivity contribution is -0.197. The second-order valence-electron chi connectivity index (χ2n) is 3.54. The Morgan fingerprint density at radius 1 is 1.58 bits per heavy atom. The minimum Gasteiger partial charge on any atom is -0.396 e. The van der Waals surface area contributed by atoms with Crippen molar-refractivity contribution < 1.29 is 18.3 Å². The van der Waals surface area contributed by atoms with Gasteiger partial charge in [-0.1, -0.05) is 6.92 Å². The molecule has 0 aliphatic carbocycles. The molecule has 0 spiro atoms. The molecule has 0 bridgehead atoms. The molecule has 2 nitrogen and oxygen atoms in total. The molecule has 1 aliphatic heterocycles. The Morgan fingerprint density at radius 2 is 2.17 bits per heavy atom. The van der Waals surface area contributed by atoms with Crippen LogP contribution in [0.2, 0.25) is 0 Å². The molecule has 72 valence electrons. The Labute approximate surface area is 68.8 Å². The van der Waals surface area contributed by atoms with Crippen molar-refractivity contribution in [1.82, 2.24) is 5.32 Å². The molecule has 0 saturated carbocycles. The van der Waals surface area contributed by atoms with E-state index in [2.05, 4.69) is 5.32 Å². The fourth-order valence-corrected chi connectivity index (χ4v) is 1.55. The Morgan fingerprint density at radius 3 is 2.50 bits per heavy atom. The molecule has 0 aromatic rings. The average molecular weight is 183 g/mol. The van der Waals surface area contributed by atoms with Crippen LogP contribution in [0.4, 0.5) is 13.2 Å². The number of alkyl halides is 3. The zero-order valence-electron chi connectivity index (χ0n) is 6.78. The number of hydrogen-bond acceptors (Lipinski definition) is 2. The van der Waals surface area contributed by atoms with Crippen LogP contribution in [0.15, 0.2) is 0 Å². The molecule has 0 aromatic heterocycles. The zero-order valence-corrected chi connectivity index (χ0v) is 6.78. The van der Waals surface area contributed by atoms with E-state index in [-0.39, 0.29) is 13.1 Å². The van der Waals surface area contributed by atoms with Gasteiger partial charge in [-0.25, -0.2) is 0 Å². The van der Waals surface area contributed by atoms with Crippen molar-refractivity contribution in [1.29, 1.82) is 0 Å². The highest BCUT2D eigenvalue weighted by atomic mass is 19.4. The van der Waals surface area contributed by atoms with Crippen LogP contribution in [-0.2, 0) is 0 Å². The molecule has 2 atom stereocenters. The van der Waals surface area contributed by atoms with E-state index in [0.717, 1.165) is 0 Å². The van der Waals surface area contributed by atoms with E-state index < -0.39 is 24.1 Å². The first-order valence-corrected chi connectivity index (χ1v) is 3.78. The Bertz CT molecular complexity index is 171. The molecular formula is C7H12F3NO. The summed E-state index contributed by atoms with van der Waals surface area (Å²) in [6.45, 7) is 1.17. The summed E-state index contributed by atoms with van der Waals surface area (Å²) in [7, 11) is 0. The van der Waals surface area contributed by atoms with Crippen LogP contribution >= 0.6 is 0 Å². The maximum atomic E-state index is 12.3. The first kappa shape index (κ1) is 9.80. The van der Waals surface area contributed by atoms with E-state index in [0.29, 0.717) is 0 Å². The van der Waals surface area contributed by atoms with Gasteiger partial charge in [0.05, 0.1) is 12.5 Å². The molecule has 0 aromatic carbocycles. The van der Waals surface area contributed by atoms with Crippen LogP contribution < -0.4 is 5.32 Å². The van der Waals surface area contributed by atoms with Crippen molar-refractivity contribution in [2.24, 2.45) is 11.3 Å². The normalized spacial score (nSPS) is 37.2. The van der Waals surface area contributed by atoms with Gasteiger partial charge in [0, 0.05) is 18.5 Å². The highest BCUT2D eigenvalue weighted by molar-refractivity contribution is 4.94. The third kappa shape index (κ3) is 1.56. The quantitative estimate of drug-likeness (QED) is 0.629. The van der Waals surface area contributed by atoms with Crippen molar-refractivity contribution in [3.63, 3.8) is 0 Å². The molecule has 12 heavy (non-hydrogen) atoms. The lowest BCUT2D eigenvalue weighted by Crippen LogP contribution is -2.39. The second kappa shape index (κ2) is 2.88. The molecule has 2 N–H and O–H groups in total. The number of nitrogens with one attached hydrogen (secondary N) is 1. The number of rotatable bonds is 1. The van der Waals surface area contributed by atoms with Gasteiger partial charge in [-0.2, -0.15) is 13.2 Å². The first-order chi connectivity index (χ1) is 5.40. The van der Waals surface area contributed by atoms with Gasteiger partial charge < -0.3 is 10.4 Å². The van der Waals surface area contributed by atoms with E-state index >= 15 is 0 Å². The van der Waals surface area contributed by atoms with E-state index in [1.165, 1.54) is 6.92 Å². The van der Waals surface area contributed by atoms with E-state index in [1.54, 1.807) is 0 Å². The van der Waals surface area contributed by atoms with Crippen molar-refractivity contribution >= 4 is 0 Å². The molecule has 0 unspecified atom stereocenters. The lowest BCUT2D eigenvalue weighted by atomic mass is 9.80. The summed E-state index contributed by atoms with van der Waals surface area (Å²) in [5.41, 5.74) is -1.04. The second-order valence-corrected chi connectivity index (χ2v) is 3.54. The summed E-state index contributed by atoms with van der Waals surface area (Å²) in [5, 5.41) is 11.5. The van der Waals surface area contributed by atoms with Crippen LogP contribution in [0.3, 0.4) is 0 Å². The smallest absolute Gasteiger partial charge is 0.393 e. The Balaban J connectivity index is 2.77. The summed E-state index contributed by atoms with van der Waals surface area (Å²) in [6, 6.07) is 0. The van der Waals surface area contributed by atoms with Crippen molar-refractivity contribution in [2.45, 2.75) is 13.1 Å². The molecule has 1 aliphatic rings. The van der Waals surface area contributed by atoms with Crippen LogP contribution in [0, 0.1) is 11.3 Å². The highest BCUT2D eigenvalue weighted by Gasteiger charge is 2.53. The zero-order chi connectivity index (χ0) is 9.41. The Kier molecular flexibility index (Phi) is 2.35. The SMILES string of the molecule is C[C@]1(CO)CNC[C@@H]1C(F)(F)F. The minimum absolute atomic E-state index is 0.0828. The van der Waals surface area contributed by atoms with Gasteiger partial charge >= 0.3 is 6.18 Å². The largest absolute Gasteiger partial charge is 0.396 e. The topological polar surface area (TPSA) is 32.3 Å². The van der Waals surface area contributed by atoms with Crippen LogP contribution in [-0.4, -0.2) is 31.0 Å². The predicted molar refractivity (Wildman–Crippen MR) is 37.6 cm³/mol. The molecule has 1 saturated heterocycles. The molecule has 1 rings (SSSR count). The monoisotopic (exact) mass is 183 g/mol. The minimum atomic E-state index is -4.21. The fraction of sp³-hybridized carbons (Fsp3) is 1.00. The molecular weight excluding hydrogens is 171 g/mol. The summed E-state index contributed by atoms with van der Waals surface area (Å²) in [4.78, 5) is 0. The summed E-state index contributed by atoms with van der Waals surface area (Å²) in [6.07, 6.45) is -4.21. The number of hydrogen-bond donors (Lipinski definition) is 2. The van der Waals surface area contributed by atoms with E-state index in [1.807, 2.05) is 0 Å². The van der Waals surface area contributed by atoms with Crippen molar-refractivity contribution in [3.05, 3.63) is 0 Å². The van der Waals surface area contributed by atoms with Gasteiger partial charge in [-0.05, 0) is 0 Å². The maximum absolute atomic E-state index is 12.3. The average Bonchev–Trinajstić information content (AvgIpc) is 2.31. The standard InChI is InChI=1S/C7H12F3NO/c1-6(4-12)3-11-2-5(6)7(8,9)10/h5,11-12H,2-4H2,1H3/t5-,6+/m0/s1. The molecule has 1 heterocycles. The number of halogens is 3. The third-order valence-corrected chi connectivity index (χ3v) is 2.47. The first-order valence-electron chi connectivity index (χ1n) is 3.78.